The number of aliphatic hydroxyl groups excluding tert-OH is 1. The second-order valence-electron chi connectivity index (χ2n) is 7.19. The lowest BCUT2D eigenvalue weighted by atomic mass is 9.91. The molecule has 0 spiro atoms. The van der Waals surface area contributed by atoms with Crippen LogP contribution in [0.2, 0.25) is 0 Å². The number of hydrogen-bond acceptors (Lipinski definition) is 3. The fourth-order valence-corrected chi connectivity index (χ4v) is 3.44. The fraction of sp³-hybridized carbons (Fsp3) is 1.00. The Balaban J connectivity index is 1.71. The molecular formula is C17H34N2O. The van der Waals surface area contributed by atoms with E-state index in [4.69, 9.17) is 0 Å². The Hall–Kier alpha value is -0.120. The van der Waals surface area contributed by atoms with Crippen LogP contribution in [0, 0.1) is 5.92 Å². The van der Waals surface area contributed by atoms with Gasteiger partial charge in [-0.15, -0.1) is 0 Å². The van der Waals surface area contributed by atoms with Gasteiger partial charge in [-0.3, -0.25) is 0 Å². The summed E-state index contributed by atoms with van der Waals surface area (Å²) in [6.45, 7) is 8.64. The van der Waals surface area contributed by atoms with Crippen LogP contribution >= 0.6 is 0 Å². The summed E-state index contributed by atoms with van der Waals surface area (Å²) in [6.07, 6.45) is 10.1. The summed E-state index contributed by atoms with van der Waals surface area (Å²) in [5.74, 6) is 0.906. The predicted octanol–water partition coefficient (Wildman–Crippen LogP) is 2.78. The molecule has 0 aromatic rings. The molecule has 1 saturated heterocycles. The van der Waals surface area contributed by atoms with Gasteiger partial charge in [-0.05, 0) is 76.9 Å². The molecule has 2 aliphatic rings. The lowest BCUT2D eigenvalue weighted by Crippen LogP contribution is -2.49. The van der Waals surface area contributed by atoms with Gasteiger partial charge in [0.2, 0.25) is 0 Å². The van der Waals surface area contributed by atoms with Crippen LogP contribution < -0.4 is 5.32 Å². The molecule has 1 heterocycles. The van der Waals surface area contributed by atoms with Gasteiger partial charge in [0.05, 0.1) is 6.61 Å². The van der Waals surface area contributed by atoms with Gasteiger partial charge >= 0.3 is 0 Å². The van der Waals surface area contributed by atoms with E-state index in [0.717, 1.165) is 18.8 Å². The van der Waals surface area contributed by atoms with Crippen molar-refractivity contribution < 1.29 is 5.11 Å². The maximum Gasteiger partial charge on any atom is 0.0613 e. The normalized spacial score (nSPS) is 28.1. The maximum atomic E-state index is 9.79. The van der Waals surface area contributed by atoms with Crippen LogP contribution in [-0.2, 0) is 0 Å². The van der Waals surface area contributed by atoms with Gasteiger partial charge in [0.1, 0.15) is 0 Å². The van der Waals surface area contributed by atoms with Gasteiger partial charge in [-0.25, -0.2) is 0 Å². The first-order chi connectivity index (χ1) is 9.67. The molecule has 0 aromatic carbocycles. The molecule has 1 aliphatic heterocycles. The Morgan fingerprint density at radius 2 is 2.00 bits per heavy atom. The monoisotopic (exact) mass is 282 g/mol. The molecule has 20 heavy (non-hydrogen) atoms. The Bertz CT molecular complexity index is 274. The minimum Gasteiger partial charge on any atom is -0.394 e. The standard InChI is InChI=1S/C17H34N2O/c1-3-17(14-20,18-16-7-8-16)10-5-12-19-11-4-6-15(2)9-13-19/h15-16,18,20H,3-14H2,1-2H3. The summed E-state index contributed by atoms with van der Waals surface area (Å²) >= 11 is 0. The molecule has 1 aliphatic carbocycles. The van der Waals surface area contributed by atoms with Crippen LogP contribution in [0.1, 0.15) is 65.2 Å². The minimum atomic E-state index is -0.0136. The minimum absolute atomic E-state index is 0.0136. The quantitative estimate of drug-likeness (QED) is 0.718. The Kier molecular flexibility index (Phi) is 6.31. The van der Waals surface area contributed by atoms with E-state index in [1.165, 1.54) is 58.2 Å². The molecule has 118 valence electrons. The first kappa shape index (κ1) is 16.3. The molecule has 0 amide bonds. The number of aliphatic hydroxyl groups is 1. The summed E-state index contributed by atoms with van der Waals surface area (Å²) in [7, 11) is 0. The van der Waals surface area contributed by atoms with Gasteiger partial charge in [0.15, 0.2) is 0 Å². The highest BCUT2D eigenvalue weighted by Gasteiger charge is 2.34. The lowest BCUT2D eigenvalue weighted by molar-refractivity contribution is 0.136. The zero-order valence-electron chi connectivity index (χ0n) is 13.5. The fourth-order valence-electron chi connectivity index (χ4n) is 3.44. The van der Waals surface area contributed by atoms with Gasteiger partial charge in [-0.1, -0.05) is 13.8 Å². The zero-order valence-corrected chi connectivity index (χ0v) is 13.5. The largest absolute Gasteiger partial charge is 0.394 e. The molecule has 3 nitrogen and oxygen atoms in total. The predicted molar refractivity (Wildman–Crippen MR) is 85.0 cm³/mol. The molecule has 0 radical (unpaired) electrons. The third-order valence-corrected chi connectivity index (χ3v) is 5.31. The lowest BCUT2D eigenvalue weighted by Gasteiger charge is -2.33. The van der Waals surface area contributed by atoms with E-state index in [-0.39, 0.29) is 12.1 Å². The first-order valence-electron chi connectivity index (χ1n) is 8.78. The van der Waals surface area contributed by atoms with Gasteiger partial charge in [-0.2, -0.15) is 0 Å². The highest BCUT2D eigenvalue weighted by molar-refractivity contribution is 4.94. The number of nitrogens with zero attached hydrogens (tertiary/aromatic N) is 1. The van der Waals surface area contributed by atoms with Gasteiger partial charge in [0, 0.05) is 11.6 Å². The average Bonchev–Trinajstić information content (AvgIpc) is 3.27. The molecule has 2 fully saturated rings. The summed E-state index contributed by atoms with van der Waals surface area (Å²) in [4.78, 5) is 2.64. The topological polar surface area (TPSA) is 35.5 Å². The second-order valence-corrected chi connectivity index (χ2v) is 7.19. The third kappa shape index (κ3) is 5.01. The van der Waals surface area contributed by atoms with Crippen LogP contribution in [0.15, 0.2) is 0 Å². The molecular weight excluding hydrogens is 248 g/mol. The Morgan fingerprint density at radius 1 is 1.20 bits per heavy atom. The van der Waals surface area contributed by atoms with Crippen molar-refractivity contribution in [3.63, 3.8) is 0 Å². The summed E-state index contributed by atoms with van der Waals surface area (Å²) in [5, 5.41) is 13.5. The summed E-state index contributed by atoms with van der Waals surface area (Å²) in [5.41, 5.74) is -0.0136. The molecule has 2 unspecified atom stereocenters. The molecule has 2 atom stereocenters. The van der Waals surface area contributed by atoms with Crippen LogP contribution in [0.25, 0.3) is 0 Å². The van der Waals surface area contributed by atoms with Crippen LogP contribution in [-0.4, -0.2) is 47.8 Å². The van der Waals surface area contributed by atoms with Crippen molar-refractivity contribution in [2.45, 2.75) is 76.8 Å². The molecule has 3 heteroatoms. The summed E-state index contributed by atoms with van der Waals surface area (Å²) in [6, 6.07) is 0.682. The van der Waals surface area contributed by atoms with Crippen molar-refractivity contribution in [2.24, 2.45) is 5.92 Å². The number of rotatable bonds is 8. The number of hydrogen-bond donors (Lipinski definition) is 2. The smallest absolute Gasteiger partial charge is 0.0613 e. The number of likely N-dealkylation sites (tertiary alicyclic amines) is 1. The first-order valence-corrected chi connectivity index (χ1v) is 8.78. The zero-order chi connectivity index (χ0) is 14.4. The van der Waals surface area contributed by atoms with Crippen molar-refractivity contribution in [2.75, 3.05) is 26.2 Å². The highest BCUT2D eigenvalue weighted by atomic mass is 16.3. The maximum absolute atomic E-state index is 9.79. The molecule has 1 saturated carbocycles. The van der Waals surface area contributed by atoms with E-state index in [0.29, 0.717) is 6.04 Å². The van der Waals surface area contributed by atoms with Crippen molar-refractivity contribution in [3.8, 4) is 0 Å². The third-order valence-electron chi connectivity index (χ3n) is 5.31. The Labute approximate surface area is 125 Å². The van der Waals surface area contributed by atoms with E-state index < -0.39 is 0 Å². The van der Waals surface area contributed by atoms with Crippen molar-refractivity contribution in [1.82, 2.24) is 10.2 Å². The van der Waals surface area contributed by atoms with Crippen LogP contribution in [0.5, 0.6) is 0 Å². The highest BCUT2D eigenvalue weighted by Crippen LogP contribution is 2.27. The van der Waals surface area contributed by atoms with E-state index in [1.807, 2.05) is 0 Å². The van der Waals surface area contributed by atoms with E-state index >= 15 is 0 Å². The number of nitrogens with one attached hydrogen (secondary N) is 1. The molecule has 2 rings (SSSR count). The van der Waals surface area contributed by atoms with Crippen molar-refractivity contribution >= 4 is 0 Å². The SMILES string of the molecule is CCC(CO)(CCCN1CCCC(C)CC1)NC1CC1. The molecule has 2 N–H and O–H groups in total. The van der Waals surface area contributed by atoms with Crippen LogP contribution in [0.3, 0.4) is 0 Å². The van der Waals surface area contributed by atoms with Gasteiger partial charge in [0.25, 0.3) is 0 Å². The molecule has 0 bridgehead atoms. The van der Waals surface area contributed by atoms with E-state index in [2.05, 4.69) is 24.1 Å². The van der Waals surface area contributed by atoms with Crippen LogP contribution in [0.4, 0.5) is 0 Å². The van der Waals surface area contributed by atoms with Crippen molar-refractivity contribution in [3.05, 3.63) is 0 Å². The van der Waals surface area contributed by atoms with E-state index in [9.17, 15) is 5.11 Å². The average molecular weight is 282 g/mol. The summed E-state index contributed by atoms with van der Waals surface area (Å²) < 4.78 is 0. The van der Waals surface area contributed by atoms with Gasteiger partial charge < -0.3 is 15.3 Å². The van der Waals surface area contributed by atoms with E-state index in [1.54, 1.807) is 0 Å². The van der Waals surface area contributed by atoms with Crippen molar-refractivity contribution in [1.29, 1.82) is 0 Å². The molecule has 0 aromatic heterocycles. The Morgan fingerprint density at radius 3 is 2.65 bits per heavy atom. The second kappa shape index (κ2) is 7.77.